The molecule has 1 aromatic heterocycles. The highest BCUT2D eigenvalue weighted by molar-refractivity contribution is 5.85. The molecule has 4 rings (SSSR count). The number of alkyl carbamates (subject to hydrolysis) is 1. The van der Waals surface area contributed by atoms with Crippen LogP contribution in [0.15, 0.2) is 72.8 Å². The van der Waals surface area contributed by atoms with Gasteiger partial charge in [0.15, 0.2) is 0 Å². The zero-order valence-corrected chi connectivity index (χ0v) is 16.8. The zero-order chi connectivity index (χ0) is 21.6. The molecule has 0 saturated heterocycles. The number of nitrogens with one attached hydrogen (secondary N) is 1. The van der Waals surface area contributed by atoms with Crippen LogP contribution in [0.1, 0.15) is 39.6 Å². The number of carbonyl (C=O) groups excluding carboxylic acids is 1. The Bertz CT molecular complexity index is 1090. The number of pyridine rings is 1. The predicted molar refractivity (Wildman–Crippen MR) is 118 cm³/mol. The van der Waals surface area contributed by atoms with E-state index in [0.29, 0.717) is 18.7 Å². The van der Waals surface area contributed by atoms with Crippen molar-refractivity contribution in [1.29, 1.82) is 0 Å². The largest absolute Gasteiger partial charge is 0.477 e. The van der Waals surface area contributed by atoms with E-state index in [2.05, 4.69) is 34.6 Å². The van der Waals surface area contributed by atoms with Crippen molar-refractivity contribution in [1.82, 2.24) is 10.3 Å². The molecule has 0 bridgehead atoms. The number of hydrogen-bond acceptors (Lipinski definition) is 4. The van der Waals surface area contributed by atoms with Gasteiger partial charge in [-0.3, -0.25) is 0 Å². The lowest BCUT2D eigenvalue weighted by molar-refractivity contribution is 0.0690. The van der Waals surface area contributed by atoms with Gasteiger partial charge in [0.25, 0.3) is 0 Å². The number of carboxylic acid groups (broad SMARTS) is 1. The first-order valence-electron chi connectivity index (χ1n) is 10.1. The van der Waals surface area contributed by atoms with Crippen LogP contribution in [-0.2, 0) is 4.74 Å². The molecule has 1 heterocycles. The van der Waals surface area contributed by atoms with E-state index < -0.39 is 12.1 Å². The van der Waals surface area contributed by atoms with Crippen LogP contribution >= 0.6 is 0 Å². The number of aromatic carboxylic acids is 1. The van der Waals surface area contributed by atoms with E-state index in [9.17, 15) is 9.59 Å². The Morgan fingerprint density at radius 1 is 0.968 bits per heavy atom. The summed E-state index contributed by atoms with van der Waals surface area (Å²) in [5.74, 6) is -1.03. The molecular formula is C25H22N2O4. The standard InChI is InChI=1S/C25H22N2O4/c28-24(29)23-14-7-9-17(27-23)8-5-6-15-26-25(30)31-16-22-20-12-3-1-10-18(20)19-11-2-4-13-21(19)22/h1-5,7-14,22H,6,15-16H2,(H,26,30)(H,28,29). The molecule has 0 unspecified atom stereocenters. The van der Waals surface area contributed by atoms with Crippen molar-refractivity contribution >= 4 is 18.1 Å². The molecule has 3 aromatic rings. The molecule has 0 atom stereocenters. The highest BCUT2D eigenvalue weighted by atomic mass is 16.5. The van der Waals surface area contributed by atoms with Gasteiger partial charge in [-0.05, 0) is 46.9 Å². The van der Waals surface area contributed by atoms with Gasteiger partial charge in [-0.1, -0.05) is 60.7 Å². The number of fused-ring (bicyclic) bond motifs is 3. The summed E-state index contributed by atoms with van der Waals surface area (Å²) in [6.45, 7) is 0.688. The van der Waals surface area contributed by atoms with Gasteiger partial charge in [-0.2, -0.15) is 0 Å². The SMILES string of the molecule is O=C(NCCC=Cc1cccc(C(=O)O)n1)OCC1c2ccccc2-c2ccccc21. The molecular weight excluding hydrogens is 392 g/mol. The van der Waals surface area contributed by atoms with Gasteiger partial charge in [-0.15, -0.1) is 0 Å². The number of carbonyl (C=O) groups is 2. The first-order chi connectivity index (χ1) is 15.1. The molecule has 0 radical (unpaired) electrons. The van der Waals surface area contributed by atoms with Crippen LogP contribution in [0.5, 0.6) is 0 Å². The summed E-state index contributed by atoms with van der Waals surface area (Å²) >= 11 is 0. The van der Waals surface area contributed by atoms with Crippen LogP contribution in [0.25, 0.3) is 17.2 Å². The number of benzene rings is 2. The number of ether oxygens (including phenoxy) is 1. The maximum absolute atomic E-state index is 12.1. The van der Waals surface area contributed by atoms with Gasteiger partial charge in [0.1, 0.15) is 12.3 Å². The molecule has 0 spiro atoms. The third-order valence-corrected chi connectivity index (χ3v) is 5.20. The molecule has 0 aliphatic heterocycles. The van der Waals surface area contributed by atoms with Crippen LogP contribution in [-0.4, -0.2) is 35.3 Å². The minimum absolute atomic E-state index is 0.00101. The van der Waals surface area contributed by atoms with Crippen molar-refractivity contribution in [2.75, 3.05) is 13.2 Å². The summed E-state index contributed by atoms with van der Waals surface area (Å²) in [5, 5.41) is 11.7. The van der Waals surface area contributed by atoms with Gasteiger partial charge in [0.05, 0.1) is 5.69 Å². The molecule has 0 fully saturated rings. The number of hydrogen-bond donors (Lipinski definition) is 2. The first kappa shape index (κ1) is 20.3. The van der Waals surface area contributed by atoms with E-state index in [1.807, 2.05) is 30.3 Å². The fourth-order valence-corrected chi connectivity index (χ4v) is 3.77. The van der Waals surface area contributed by atoms with Crippen molar-refractivity contribution in [3.63, 3.8) is 0 Å². The third-order valence-electron chi connectivity index (χ3n) is 5.20. The molecule has 31 heavy (non-hydrogen) atoms. The van der Waals surface area contributed by atoms with Crippen molar-refractivity contribution in [3.05, 3.63) is 95.3 Å². The van der Waals surface area contributed by atoms with Crippen molar-refractivity contribution < 1.29 is 19.4 Å². The Morgan fingerprint density at radius 2 is 1.65 bits per heavy atom. The molecule has 1 amide bonds. The van der Waals surface area contributed by atoms with Crippen molar-refractivity contribution in [3.8, 4) is 11.1 Å². The van der Waals surface area contributed by atoms with Crippen LogP contribution in [0.4, 0.5) is 4.79 Å². The normalized spacial score (nSPS) is 12.4. The number of rotatable bonds is 7. The topological polar surface area (TPSA) is 88.5 Å². The lowest BCUT2D eigenvalue weighted by atomic mass is 9.98. The molecule has 6 nitrogen and oxygen atoms in total. The highest BCUT2D eigenvalue weighted by Gasteiger charge is 2.28. The Morgan fingerprint density at radius 3 is 2.32 bits per heavy atom. The number of carboxylic acids is 1. The highest BCUT2D eigenvalue weighted by Crippen LogP contribution is 2.44. The van der Waals surface area contributed by atoms with Crippen LogP contribution in [0.3, 0.4) is 0 Å². The lowest BCUT2D eigenvalue weighted by Gasteiger charge is -2.14. The van der Waals surface area contributed by atoms with Crippen LogP contribution in [0.2, 0.25) is 0 Å². The van der Waals surface area contributed by atoms with Crippen molar-refractivity contribution in [2.24, 2.45) is 0 Å². The minimum atomic E-state index is -1.06. The quantitative estimate of drug-likeness (QED) is 0.546. The fraction of sp³-hybridized carbons (Fsp3) is 0.160. The molecule has 2 N–H and O–H groups in total. The lowest BCUT2D eigenvalue weighted by Crippen LogP contribution is -2.26. The Balaban J connectivity index is 1.27. The van der Waals surface area contributed by atoms with Gasteiger partial charge >= 0.3 is 12.1 Å². The number of amides is 1. The van der Waals surface area contributed by atoms with E-state index >= 15 is 0 Å². The van der Waals surface area contributed by atoms with E-state index in [-0.39, 0.29) is 18.2 Å². The second kappa shape index (κ2) is 9.26. The molecule has 1 aliphatic carbocycles. The average molecular weight is 414 g/mol. The predicted octanol–water partition coefficient (Wildman–Crippen LogP) is 4.72. The summed E-state index contributed by atoms with van der Waals surface area (Å²) in [4.78, 5) is 27.1. The smallest absolute Gasteiger partial charge is 0.407 e. The summed E-state index contributed by atoms with van der Waals surface area (Å²) < 4.78 is 5.49. The van der Waals surface area contributed by atoms with Gasteiger partial charge in [0.2, 0.25) is 0 Å². The number of aromatic nitrogens is 1. The van der Waals surface area contributed by atoms with Gasteiger partial charge in [0, 0.05) is 12.5 Å². The van der Waals surface area contributed by atoms with E-state index in [0.717, 1.165) is 0 Å². The fourth-order valence-electron chi connectivity index (χ4n) is 3.77. The molecule has 0 saturated carbocycles. The van der Waals surface area contributed by atoms with Crippen molar-refractivity contribution in [2.45, 2.75) is 12.3 Å². The molecule has 2 aromatic carbocycles. The monoisotopic (exact) mass is 414 g/mol. The average Bonchev–Trinajstić information content (AvgIpc) is 3.11. The summed E-state index contributed by atoms with van der Waals surface area (Å²) in [7, 11) is 0. The Labute approximate surface area is 180 Å². The minimum Gasteiger partial charge on any atom is -0.477 e. The number of nitrogens with zero attached hydrogens (tertiary/aromatic N) is 1. The molecule has 1 aliphatic rings. The second-order valence-corrected chi connectivity index (χ2v) is 7.20. The first-order valence-corrected chi connectivity index (χ1v) is 10.1. The summed E-state index contributed by atoms with van der Waals surface area (Å²) in [6.07, 6.45) is 3.67. The van der Waals surface area contributed by atoms with Crippen LogP contribution in [0, 0.1) is 0 Å². The second-order valence-electron chi connectivity index (χ2n) is 7.20. The van der Waals surface area contributed by atoms with Gasteiger partial charge in [-0.25, -0.2) is 14.6 Å². The third kappa shape index (κ3) is 4.64. The summed E-state index contributed by atoms with van der Waals surface area (Å²) in [5.41, 5.74) is 5.29. The molecule has 6 heteroatoms. The maximum Gasteiger partial charge on any atom is 0.407 e. The van der Waals surface area contributed by atoms with E-state index in [1.54, 1.807) is 18.2 Å². The Hall–Kier alpha value is -3.93. The Kier molecular flexibility index (Phi) is 6.08. The zero-order valence-electron chi connectivity index (χ0n) is 16.8. The molecule has 156 valence electrons. The van der Waals surface area contributed by atoms with E-state index in [1.165, 1.54) is 28.3 Å². The maximum atomic E-state index is 12.1. The van der Waals surface area contributed by atoms with E-state index in [4.69, 9.17) is 9.84 Å². The van der Waals surface area contributed by atoms with Gasteiger partial charge < -0.3 is 15.2 Å². The van der Waals surface area contributed by atoms with Crippen LogP contribution < -0.4 is 5.32 Å². The summed E-state index contributed by atoms with van der Waals surface area (Å²) in [6, 6.07) is 21.2.